The fraction of sp³-hybridized carbons (Fsp3) is 0.310. The van der Waals surface area contributed by atoms with Crippen molar-refractivity contribution in [2.75, 3.05) is 0 Å². The number of imidazole rings is 8. The number of aryl methyl sites for hydroxylation is 12. The molecular formula is C129H142N15+5. The number of rotatable bonds is 13. The molecule has 0 spiro atoms. The van der Waals surface area contributed by atoms with E-state index < -0.39 is 13.7 Å². The van der Waals surface area contributed by atoms with Crippen molar-refractivity contribution in [3.63, 3.8) is 0 Å². The van der Waals surface area contributed by atoms with Gasteiger partial charge < -0.3 is 0 Å². The van der Waals surface area contributed by atoms with Crippen molar-refractivity contribution < 1.29 is 31.1 Å². The van der Waals surface area contributed by atoms with Crippen molar-refractivity contribution in [3.05, 3.63) is 364 Å². The molecule has 0 radical (unpaired) electrons. The highest BCUT2D eigenvalue weighted by atomic mass is 15.3. The van der Waals surface area contributed by atoms with Gasteiger partial charge in [0.2, 0.25) is 0 Å². The molecule has 0 aliphatic carbocycles. The molecule has 0 amide bonds. The van der Waals surface area contributed by atoms with E-state index in [9.17, 15) is 0 Å². The lowest BCUT2D eigenvalue weighted by Crippen LogP contribution is -2.44. The second-order valence-electron chi connectivity index (χ2n) is 44.9. The Bertz CT molecular complexity index is 9060. The van der Waals surface area contributed by atoms with Gasteiger partial charge in [0.25, 0.3) is 11.3 Å². The van der Waals surface area contributed by atoms with Crippen LogP contribution in [0.1, 0.15) is 203 Å². The van der Waals surface area contributed by atoms with Crippen molar-refractivity contribution in [1.82, 2.24) is 45.7 Å². The summed E-state index contributed by atoms with van der Waals surface area (Å²) in [5.41, 5.74) is 40.0. The minimum absolute atomic E-state index is 0.274. The highest BCUT2D eigenvalue weighted by Crippen LogP contribution is 2.57. The van der Waals surface area contributed by atoms with Crippen LogP contribution < -0.4 is 22.8 Å². The molecule has 0 saturated carbocycles. The van der Waals surface area contributed by atoms with E-state index in [0.29, 0.717) is 34.8 Å². The maximum atomic E-state index is 8.54. The van der Waals surface area contributed by atoms with Gasteiger partial charge in [-0.15, -0.1) is 0 Å². The Kier molecular flexibility index (Phi) is 22.0. The van der Waals surface area contributed by atoms with E-state index in [0.717, 1.165) is 91.7 Å². The van der Waals surface area contributed by atoms with Gasteiger partial charge in [-0.25, -0.2) is 27.4 Å². The molecule has 12 aromatic heterocycles. The van der Waals surface area contributed by atoms with Crippen LogP contribution in [0.25, 0.3) is 156 Å². The largest absolute Gasteiger partial charge is 0.375 e. The minimum Gasteiger partial charge on any atom is -0.255 e. The number of pyridine rings is 4. The molecule has 144 heavy (non-hydrogen) atoms. The van der Waals surface area contributed by atoms with Crippen molar-refractivity contribution in [3.8, 4) is 39.6 Å². The van der Waals surface area contributed by atoms with Crippen molar-refractivity contribution >= 4 is 116 Å². The summed E-state index contributed by atoms with van der Waals surface area (Å²) < 4.78 is 81.3. The number of para-hydroxylation sites is 11. The standard InChI is InChI=1S/2C37H46N3.C21H18N3.2C17H16N3/c2*1-21(2)16-25-18-26(17-22(3)4)20-27(19-25)32-34-37(9,10)36(7,8)28-13-12-23(5)29-31-30(24(6)14-15-38-31)35(39(32)11)40(34)33(28)29;1-15-9-3-4-10-16(15)23-19-13-7-8-14-20(19)24-18-12-6-5-11-17(18)22(2)21(23)24;1-13-7-3-4-8-14(13)19-11-12-20-16-10-6-5-9-15(16)18(2)17(19)20;1-13-7-3-4-8-14(13)20-16-10-6-5-9-15(16)19-12-11-18(2)17(19)20/h2*12-15,18-22H,16-17H2,1-11H3;3-14H,1-2H3;2*3-12H,1-2H3/q5*+1/i2*5D3;;;. The highest BCUT2D eigenvalue weighted by molar-refractivity contribution is 6.15. The van der Waals surface area contributed by atoms with Crippen LogP contribution in [0.3, 0.4) is 0 Å². The third-order valence-electron chi connectivity index (χ3n) is 32.3. The summed E-state index contributed by atoms with van der Waals surface area (Å²) in [5, 5.41) is 3.54. The molecular weight excluding hydrogens is 1760 g/mol. The first-order valence-corrected chi connectivity index (χ1v) is 51.6. The van der Waals surface area contributed by atoms with Crippen molar-refractivity contribution in [2.45, 2.75) is 206 Å². The average Bonchev–Trinajstić information content (AvgIpc) is 1.47. The van der Waals surface area contributed by atoms with Gasteiger partial charge >= 0.3 is 17.3 Å². The van der Waals surface area contributed by atoms with E-state index in [1.165, 1.54) is 163 Å². The number of hydrogen-bond acceptors (Lipinski definition) is 2. The zero-order chi connectivity index (χ0) is 106. The van der Waals surface area contributed by atoms with Gasteiger partial charge in [-0.3, -0.25) is 9.97 Å². The van der Waals surface area contributed by atoms with E-state index in [1.54, 1.807) is 0 Å². The van der Waals surface area contributed by atoms with E-state index in [-0.39, 0.29) is 21.7 Å². The van der Waals surface area contributed by atoms with Crippen LogP contribution in [0.15, 0.2) is 280 Å². The maximum absolute atomic E-state index is 8.54. The minimum atomic E-state index is -2.27. The Morgan fingerprint density at radius 2 is 0.688 bits per heavy atom. The second kappa shape index (κ2) is 35.8. The van der Waals surface area contributed by atoms with Crippen LogP contribution in [0.2, 0.25) is 0 Å². The summed E-state index contributed by atoms with van der Waals surface area (Å²) in [4.78, 5) is 9.83. The molecule has 728 valence electrons. The summed E-state index contributed by atoms with van der Waals surface area (Å²) in [6, 6.07) is 86.0. The number of nitrogens with zero attached hydrogens (tertiary/aromatic N) is 15. The summed E-state index contributed by atoms with van der Waals surface area (Å²) in [5.74, 6) is 5.73. The second-order valence-corrected chi connectivity index (χ2v) is 44.9. The van der Waals surface area contributed by atoms with Gasteiger partial charge in [-0.1, -0.05) is 250 Å². The predicted octanol–water partition coefficient (Wildman–Crippen LogP) is 27.6. The molecule has 15 nitrogen and oxygen atoms in total. The van der Waals surface area contributed by atoms with E-state index >= 15 is 0 Å². The number of benzene rings is 11. The zero-order valence-corrected chi connectivity index (χ0v) is 88.9. The molecule has 0 fully saturated rings. The normalized spacial score (nSPS) is 14.8. The Hall–Kier alpha value is -14.6. The Morgan fingerprint density at radius 1 is 0.319 bits per heavy atom. The average molecular weight is 1910 g/mol. The van der Waals surface area contributed by atoms with Crippen LogP contribution in [-0.2, 0) is 82.6 Å². The zero-order valence-electron chi connectivity index (χ0n) is 94.9. The van der Waals surface area contributed by atoms with Crippen LogP contribution in [0.5, 0.6) is 0 Å². The molecule has 0 saturated heterocycles. The Labute approximate surface area is 856 Å². The van der Waals surface area contributed by atoms with Gasteiger partial charge in [-0.05, 0) is 262 Å². The lowest BCUT2D eigenvalue weighted by atomic mass is 9.60. The van der Waals surface area contributed by atoms with Crippen LogP contribution >= 0.6 is 0 Å². The Morgan fingerprint density at radius 3 is 1.12 bits per heavy atom. The van der Waals surface area contributed by atoms with E-state index in [2.05, 4.69) is 482 Å². The van der Waals surface area contributed by atoms with E-state index in [4.69, 9.17) is 18.2 Å². The molecule has 0 unspecified atom stereocenters. The summed E-state index contributed by atoms with van der Waals surface area (Å²) in [6.07, 6.45) is 16.2. The molecule has 15 heteroatoms. The third kappa shape index (κ3) is 15.0. The van der Waals surface area contributed by atoms with Gasteiger partial charge in [-0.2, -0.15) is 31.1 Å². The third-order valence-corrected chi connectivity index (χ3v) is 32.3. The topological polar surface area (TPSA) is 82.0 Å². The van der Waals surface area contributed by atoms with Crippen molar-refractivity contribution in [2.24, 2.45) is 58.9 Å². The quantitative estimate of drug-likeness (QED) is 0.0851. The molecule has 14 heterocycles. The smallest absolute Gasteiger partial charge is 0.255 e. The number of fused-ring (bicyclic) bond motifs is 17. The fourth-order valence-corrected chi connectivity index (χ4v) is 24.4. The van der Waals surface area contributed by atoms with Crippen LogP contribution in [-0.4, -0.2) is 45.7 Å². The van der Waals surface area contributed by atoms with Gasteiger partial charge in [0, 0.05) is 64.5 Å². The molecule has 0 atom stereocenters. The van der Waals surface area contributed by atoms with Crippen molar-refractivity contribution in [1.29, 1.82) is 0 Å². The monoisotopic (exact) mass is 1910 g/mol. The predicted molar refractivity (Wildman–Crippen MR) is 597 cm³/mol. The van der Waals surface area contributed by atoms with Crippen LogP contribution in [0, 0.1) is 72.0 Å². The first-order chi connectivity index (χ1) is 71.2. The molecule has 11 aromatic carbocycles. The van der Waals surface area contributed by atoms with Crippen LogP contribution in [0.4, 0.5) is 0 Å². The Balaban J connectivity index is 0.000000114. The van der Waals surface area contributed by atoms with Gasteiger partial charge in [0.1, 0.15) is 90.8 Å². The summed E-state index contributed by atoms with van der Waals surface area (Å²) in [7, 11) is 10.7. The summed E-state index contributed by atoms with van der Waals surface area (Å²) >= 11 is 0. The number of aromatic nitrogens is 15. The first-order valence-electron chi connectivity index (χ1n) is 54.6. The fourth-order valence-electron chi connectivity index (χ4n) is 24.4. The molecule has 23 aromatic rings. The highest BCUT2D eigenvalue weighted by Gasteiger charge is 2.55. The molecule has 2 aliphatic rings. The van der Waals surface area contributed by atoms with E-state index in [1.807, 2.05) is 36.7 Å². The lowest BCUT2D eigenvalue weighted by Gasteiger charge is -2.43. The lowest BCUT2D eigenvalue weighted by molar-refractivity contribution is -0.646. The first kappa shape index (κ1) is 88.4. The molecule has 25 rings (SSSR count). The molecule has 0 N–H and O–H groups in total. The van der Waals surface area contributed by atoms with Gasteiger partial charge in [0.05, 0.1) is 74.0 Å². The van der Waals surface area contributed by atoms with Gasteiger partial charge in [0.15, 0.2) is 22.8 Å². The summed E-state index contributed by atoms with van der Waals surface area (Å²) in [6.45, 7) is 43.2. The molecule has 2 aliphatic heterocycles. The number of hydrogen-bond donors (Lipinski definition) is 0. The maximum Gasteiger partial charge on any atom is 0.375 e. The molecule has 0 bridgehead atoms. The SMILES string of the molecule is Cc1ccccc1-n1c2ccccc2n2c3ccccc3[n+](C)c12.Cc1ccccc1-n1c2ccccc2n2cc[n+](C)c12.Cc1ccccc1-n1ccn2c3ccccc3[n+](C)c12.[2H]C([2H])([2H])c1ccc2c3c1c1nccc(C)c1c1n3c(c(-c3cc(CC(C)C)cc(CC(C)C)c3)[n+]1C)C(C)(C)C2(C)C.[2H]C([2H])([2H])c1ccc2c3c1c1nccc(C)c1c1n3c(c(-c3cc(CC(C)C)cc(CC(C)C)c3)[n+]1C)C(C)(C)C2(C)C.